The number of ether oxygens (including phenoxy) is 1. The molecule has 0 saturated carbocycles. The largest absolute Gasteiger partial charge is 0.481 e. The minimum Gasteiger partial charge on any atom is -0.481 e. The maximum absolute atomic E-state index is 10.5. The van der Waals surface area contributed by atoms with E-state index < -0.39 is 5.97 Å². The summed E-state index contributed by atoms with van der Waals surface area (Å²) < 4.78 is 6.15. The molecule has 1 N–H and O–H groups in total. The molecule has 0 unspecified atom stereocenters. The molecule has 2 fully saturated rings. The average Bonchev–Trinajstić information content (AvgIpc) is 3.15. The molecule has 0 aromatic carbocycles. The third kappa shape index (κ3) is 6.08. The molecule has 2 bridgehead atoms. The van der Waals surface area contributed by atoms with Crippen LogP contribution in [0.25, 0.3) is 0 Å². The van der Waals surface area contributed by atoms with Crippen LogP contribution >= 0.6 is 0 Å². The van der Waals surface area contributed by atoms with Crippen molar-refractivity contribution in [2.45, 2.75) is 89.8 Å². The number of carbonyl (C=O) groups is 1. The van der Waals surface area contributed by atoms with Crippen LogP contribution in [0.2, 0.25) is 0 Å². The van der Waals surface area contributed by atoms with Crippen molar-refractivity contribution >= 4 is 5.97 Å². The fourth-order valence-electron chi connectivity index (χ4n) is 4.13. The fraction of sp³-hybridized carbons (Fsp3) is 0.762. The van der Waals surface area contributed by atoms with Gasteiger partial charge in [0.2, 0.25) is 0 Å². The molecule has 2 rings (SSSR count). The van der Waals surface area contributed by atoms with Gasteiger partial charge in [0.15, 0.2) is 0 Å². The van der Waals surface area contributed by atoms with E-state index in [1.165, 1.54) is 44.9 Å². The standard InChI is InChI=1S/C21H34O3/c1-2-3-4-5-6-9-12-17-18(20-16-15-19(17)24-20)13-10-7-8-11-14-21(22)23/h7-9,12,17-20H,2-6,10-11,13-16H2,1H3,(H,22,23)/t17-,18+,19-,20+/m0/s1. The zero-order valence-corrected chi connectivity index (χ0v) is 15.2. The summed E-state index contributed by atoms with van der Waals surface area (Å²) in [6.45, 7) is 2.25. The smallest absolute Gasteiger partial charge is 0.303 e. The van der Waals surface area contributed by atoms with Crippen LogP contribution in [0.4, 0.5) is 0 Å². The van der Waals surface area contributed by atoms with E-state index in [1.54, 1.807) is 0 Å². The zero-order chi connectivity index (χ0) is 17.2. The minimum atomic E-state index is -0.717. The van der Waals surface area contributed by atoms with Gasteiger partial charge in [-0.05, 0) is 50.9 Å². The number of allylic oxidation sites excluding steroid dienone is 3. The summed E-state index contributed by atoms with van der Waals surface area (Å²) in [7, 11) is 0. The molecule has 136 valence electrons. The van der Waals surface area contributed by atoms with Crippen molar-refractivity contribution < 1.29 is 14.6 Å². The summed E-state index contributed by atoms with van der Waals surface area (Å²) in [5.74, 6) is 0.535. The van der Waals surface area contributed by atoms with Crippen LogP contribution in [0.3, 0.4) is 0 Å². The number of aliphatic carboxylic acids is 1. The Morgan fingerprint density at radius 3 is 2.62 bits per heavy atom. The Morgan fingerprint density at radius 1 is 1.04 bits per heavy atom. The molecule has 2 aliphatic heterocycles. The molecule has 2 heterocycles. The Kier molecular flexibility index (Phi) is 8.58. The lowest BCUT2D eigenvalue weighted by Gasteiger charge is -2.25. The van der Waals surface area contributed by atoms with Gasteiger partial charge in [-0.15, -0.1) is 0 Å². The second kappa shape index (κ2) is 10.7. The summed E-state index contributed by atoms with van der Waals surface area (Å²) in [5, 5.41) is 8.64. The van der Waals surface area contributed by atoms with Gasteiger partial charge in [-0.2, -0.15) is 0 Å². The zero-order valence-electron chi connectivity index (χ0n) is 15.2. The number of carboxylic acid groups (broad SMARTS) is 1. The molecule has 2 saturated heterocycles. The van der Waals surface area contributed by atoms with E-state index in [4.69, 9.17) is 9.84 Å². The third-order valence-electron chi connectivity index (χ3n) is 5.43. The minimum absolute atomic E-state index is 0.233. The lowest BCUT2D eigenvalue weighted by atomic mass is 9.76. The summed E-state index contributed by atoms with van der Waals surface area (Å²) in [6.07, 6.45) is 21.9. The molecule has 0 spiro atoms. The maximum Gasteiger partial charge on any atom is 0.303 e. The number of rotatable bonds is 12. The highest BCUT2D eigenvalue weighted by Gasteiger charge is 2.46. The lowest BCUT2D eigenvalue weighted by molar-refractivity contribution is -0.136. The van der Waals surface area contributed by atoms with Crippen LogP contribution < -0.4 is 0 Å². The van der Waals surface area contributed by atoms with Crippen molar-refractivity contribution in [2.24, 2.45) is 11.8 Å². The molecule has 0 radical (unpaired) electrons. The number of unbranched alkanes of at least 4 members (excludes halogenated alkanes) is 4. The number of carboxylic acids is 1. The number of hydrogen-bond donors (Lipinski definition) is 1. The van der Waals surface area contributed by atoms with E-state index in [0.717, 1.165) is 12.8 Å². The maximum atomic E-state index is 10.5. The molecule has 3 nitrogen and oxygen atoms in total. The lowest BCUT2D eigenvalue weighted by Crippen LogP contribution is -2.25. The van der Waals surface area contributed by atoms with Gasteiger partial charge in [0.25, 0.3) is 0 Å². The predicted octanol–water partition coefficient (Wildman–Crippen LogP) is 5.51. The first-order valence-electron chi connectivity index (χ1n) is 9.91. The van der Waals surface area contributed by atoms with Crippen LogP contribution in [0.1, 0.15) is 77.6 Å². The van der Waals surface area contributed by atoms with E-state index in [2.05, 4.69) is 25.2 Å². The monoisotopic (exact) mass is 334 g/mol. The molecule has 0 aromatic heterocycles. The summed E-state index contributed by atoms with van der Waals surface area (Å²) in [4.78, 5) is 10.5. The van der Waals surface area contributed by atoms with Gasteiger partial charge < -0.3 is 9.84 Å². The summed E-state index contributed by atoms with van der Waals surface area (Å²) in [6, 6.07) is 0. The Bertz CT molecular complexity index is 427. The topological polar surface area (TPSA) is 46.5 Å². The third-order valence-corrected chi connectivity index (χ3v) is 5.43. The SMILES string of the molecule is CCCCCCC=C[C@H]1[C@@H](CCC=CCCC(=O)O)[C@H]2CC[C@@H]1O2. The van der Waals surface area contributed by atoms with Gasteiger partial charge in [-0.25, -0.2) is 0 Å². The summed E-state index contributed by atoms with van der Waals surface area (Å²) in [5.41, 5.74) is 0. The number of fused-ring (bicyclic) bond motifs is 2. The van der Waals surface area contributed by atoms with E-state index in [-0.39, 0.29) is 6.42 Å². The van der Waals surface area contributed by atoms with E-state index in [1.807, 2.05) is 6.08 Å². The Morgan fingerprint density at radius 2 is 1.83 bits per heavy atom. The highest BCUT2D eigenvalue weighted by molar-refractivity contribution is 5.66. The van der Waals surface area contributed by atoms with Crippen molar-refractivity contribution in [3.63, 3.8) is 0 Å². The fourth-order valence-corrected chi connectivity index (χ4v) is 4.13. The van der Waals surface area contributed by atoms with Crippen molar-refractivity contribution in [1.82, 2.24) is 0 Å². The van der Waals surface area contributed by atoms with Gasteiger partial charge in [-0.1, -0.05) is 50.5 Å². The average molecular weight is 335 g/mol. The van der Waals surface area contributed by atoms with Crippen LogP contribution in [0.15, 0.2) is 24.3 Å². The van der Waals surface area contributed by atoms with Crippen molar-refractivity contribution in [3.05, 3.63) is 24.3 Å². The van der Waals surface area contributed by atoms with Crippen molar-refractivity contribution in [2.75, 3.05) is 0 Å². The Balaban J connectivity index is 1.71. The van der Waals surface area contributed by atoms with Gasteiger partial charge in [0.05, 0.1) is 12.2 Å². The highest BCUT2D eigenvalue weighted by Crippen LogP contribution is 2.46. The molecular formula is C21H34O3. The molecule has 4 atom stereocenters. The van der Waals surface area contributed by atoms with E-state index in [0.29, 0.717) is 30.5 Å². The molecule has 3 heteroatoms. The second-order valence-electron chi connectivity index (χ2n) is 7.29. The van der Waals surface area contributed by atoms with Gasteiger partial charge in [0.1, 0.15) is 0 Å². The Labute approximate surface area is 147 Å². The second-order valence-corrected chi connectivity index (χ2v) is 7.29. The molecule has 2 aliphatic rings. The quantitative estimate of drug-likeness (QED) is 0.378. The van der Waals surface area contributed by atoms with E-state index in [9.17, 15) is 4.79 Å². The summed E-state index contributed by atoms with van der Waals surface area (Å²) >= 11 is 0. The first kappa shape index (κ1) is 19.2. The highest BCUT2D eigenvalue weighted by atomic mass is 16.5. The van der Waals surface area contributed by atoms with E-state index >= 15 is 0 Å². The normalized spacial score (nSPS) is 29.2. The predicted molar refractivity (Wildman–Crippen MR) is 98.0 cm³/mol. The van der Waals surface area contributed by atoms with Crippen LogP contribution in [0.5, 0.6) is 0 Å². The first-order chi connectivity index (χ1) is 11.7. The van der Waals surface area contributed by atoms with Crippen molar-refractivity contribution in [1.29, 1.82) is 0 Å². The Hall–Kier alpha value is -1.09. The van der Waals surface area contributed by atoms with Crippen LogP contribution in [-0.4, -0.2) is 23.3 Å². The molecule has 0 amide bonds. The van der Waals surface area contributed by atoms with Gasteiger partial charge >= 0.3 is 5.97 Å². The van der Waals surface area contributed by atoms with Crippen molar-refractivity contribution in [3.8, 4) is 0 Å². The molecule has 24 heavy (non-hydrogen) atoms. The molecule has 0 aliphatic carbocycles. The number of hydrogen-bond acceptors (Lipinski definition) is 2. The molecular weight excluding hydrogens is 300 g/mol. The van der Waals surface area contributed by atoms with Crippen LogP contribution in [0, 0.1) is 11.8 Å². The first-order valence-corrected chi connectivity index (χ1v) is 9.91. The molecule has 0 aromatic rings. The van der Waals surface area contributed by atoms with Gasteiger partial charge in [-0.3, -0.25) is 4.79 Å². The van der Waals surface area contributed by atoms with Crippen LogP contribution in [-0.2, 0) is 9.53 Å². The van der Waals surface area contributed by atoms with Gasteiger partial charge in [0, 0.05) is 12.3 Å².